The normalized spacial score (nSPS) is 13.1. The van der Waals surface area contributed by atoms with E-state index in [1.807, 2.05) is 72.3 Å². The van der Waals surface area contributed by atoms with E-state index >= 15 is 0 Å². The van der Waals surface area contributed by atoms with Crippen LogP contribution in [0, 0.1) is 15.7 Å². The number of aromatic nitrogens is 8. The smallest absolute Gasteiger partial charge is 0.419 e. The summed E-state index contributed by atoms with van der Waals surface area (Å²) in [5.41, 5.74) is 11.4. The number of benzene rings is 6. The number of hydrogen-bond donors (Lipinski definition) is 2. The Kier molecular flexibility index (Phi) is 13.2. The van der Waals surface area contributed by atoms with Gasteiger partial charge in [-0.15, -0.1) is 30.0 Å². The molecular formula is C62H72N8O5S. The summed E-state index contributed by atoms with van der Waals surface area (Å²) in [4.78, 5) is 15.4. The molecule has 2 N–H and O–H groups in total. The predicted octanol–water partition coefficient (Wildman–Crippen LogP) is 14.6. The molecular weight excluding hydrogens is 969 g/mol. The summed E-state index contributed by atoms with van der Waals surface area (Å²) >= 11 is 5.28. The number of fused-ring (bicyclic) bond motifs is 4. The first-order chi connectivity index (χ1) is 35.3. The Balaban J connectivity index is 0.000000186. The van der Waals surface area contributed by atoms with Gasteiger partial charge in [0.1, 0.15) is 44.9 Å². The van der Waals surface area contributed by atoms with Crippen LogP contribution in [0.4, 0.5) is 0 Å². The number of hydrogen-bond acceptors (Lipinski definition) is 10. The predicted molar refractivity (Wildman–Crippen MR) is 307 cm³/mol. The van der Waals surface area contributed by atoms with E-state index in [1.54, 1.807) is 24.0 Å². The quantitative estimate of drug-likeness (QED) is 0.126. The number of oxazole rings is 2. The zero-order valence-corrected chi connectivity index (χ0v) is 47.7. The Morgan fingerprint density at radius 3 is 1.21 bits per heavy atom. The molecule has 0 aliphatic heterocycles. The Hall–Kier alpha value is -7.32. The highest BCUT2D eigenvalue weighted by molar-refractivity contribution is 7.71. The molecule has 4 aromatic heterocycles. The minimum atomic E-state index is -0.474. The minimum Gasteiger partial charge on any atom is -0.505 e. The summed E-state index contributed by atoms with van der Waals surface area (Å²) in [6, 6.07) is 36.1. The first-order valence-corrected chi connectivity index (χ1v) is 26.4. The zero-order valence-electron chi connectivity index (χ0n) is 46.9. The summed E-state index contributed by atoms with van der Waals surface area (Å²) in [6.45, 7) is 31.1. The molecule has 0 saturated heterocycles. The van der Waals surface area contributed by atoms with Gasteiger partial charge in [0.2, 0.25) is 0 Å². The van der Waals surface area contributed by atoms with Crippen LogP contribution in [0.3, 0.4) is 0 Å². The summed E-state index contributed by atoms with van der Waals surface area (Å²) in [5.74, 6) is -0.109. The zero-order chi connectivity index (χ0) is 55.2. The van der Waals surface area contributed by atoms with Gasteiger partial charge >= 0.3 is 5.76 Å². The maximum atomic E-state index is 12.0. The first-order valence-electron chi connectivity index (χ1n) is 26.0. The van der Waals surface area contributed by atoms with Crippen molar-refractivity contribution in [3.8, 4) is 22.9 Å². The number of phenols is 2. The molecule has 0 saturated carbocycles. The monoisotopic (exact) mass is 1040 g/mol. The number of nitrogens with zero attached hydrogens (tertiary/aromatic N) is 8. The molecule has 0 fully saturated rings. The molecule has 0 aliphatic rings. The fourth-order valence-electron chi connectivity index (χ4n) is 11.4. The van der Waals surface area contributed by atoms with Crippen molar-refractivity contribution < 1.29 is 19.0 Å². The lowest BCUT2D eigenvalue weighted by Gasteiger charge is -2.35. The molecule has 0 atom stereocenters. The number of rotatable bonds is 10. The van der Waals surface area contributed by atoms with E-state index in [0.29, 0.717) is 55.0 Å². The molecule has 76 heavy (non-hydrogen) atoms. The van der Waals surface area contributed by atoms with E-state index in [0.717, 1.165) is 51.7 Å². The van der Waals surface area contributed by atoms with Gasteiger partial charge in [-0.25, -0.2) is 4.79 Å². The van der Waals surface area contributed by atoms with Gasteiger partial charge in [0.05, 0.1) is 11.0 Å². The SMILES string of the molecule is Cn1c(=O)oc2cc3nn(-c4cc(C(C)(C)CC(C)(C)C)cc(C(C)(C)c5ccccc5)c4O)nc3cc21.Cn1c(=S)oc2cc3nn(-c4cc(C(C)(C)CC(C)(C)C)cc(C(C)(C)c5ccccc5)c4O)nc3cc21. The Labute approximate surface area is 449 Å². The lowest BCUT2D eigenvalue weighted by Crippen LogP contribution is -2.27. The second-order valence-corrected chi connectivity index (χ2v) is 25.8. The van der Waals surface area contributed by atoms with Crippen molar-refractivity contribution in [2.45, 2.75) is 131 Å². The minimum absolute atomic E-state index is 0.110. The fourth-order valence-corrected chi connectivity index (χ4v) is 11.6. The third kappa shape index (κ3) is 10.1. The first kappa shape index (κ1) is 53.5. The lowest BCUT2D eigenvalue weighted by atomic mass is 9.70. The van der Waals surface area contributed by atoms with Crippen molar-refractivity contribution >= 4 is 56.5 Å². The summed E-state index contributed by atoms with van der Waals surface area (Å²) in [5, 5.41) is 42.5. The van der Waals surface area contributed by atoms with Gasteiger partial charge in [0.25, 0.3) is 4.84 Å². The van der Waals surface area contributed by atoms with Gasteiger partial charge in [0, 0.05) is 48.2 Å². The van der Waals surface area contributed by atoms with Crippen LogP contribution in [0.5, 0.6) is 11.5 Å². The van der Waals surface area contributed by atoms with Crippen molar-refractivity contribution in [3.05, 3.63) is 158 Å². The van der Waals surface area contributed by atoms with Gasteiger partial charge in [0.15, 0.2) is 11.2 Å². The molecule has 0 spiro atoms. The van der Waals surface area contributed by atoms with Crippen LogP contribution >= 0.6 is 12.2 Å². The van der Waals surface area contributed by atoms with E-state index < -0.39 is 16.6 Å². The molecule has 4 heterocycles. The maximum Gasteiger partial charge on any atom is 0.419 e. The third-order valence-corrected chi connectivity index (χ3v) is 15.4. The van der Waals surface area contributed by atoms with Gasteiger partial charge in [-0.3, -0.25) is 4.57 Å². The molecule has 14 heteroatoms. The van der Waals surface area contributed by atoms with E-state index in [2.05, 4.69) is 133 Å². The molecule has 13 nitrogen and oxygen atoms in total. The Morgan fingerprint density at radius 1 is 0.474 bits per heavy atom. The van der Waals surface area contributed by atoms with Crippen LogP contribution in [0.25, 0.3) is 55.6 Å². The van der Waals surface area contributed by atoms with Crippen LogP contribution < -0.4 is 5.76 Å². The summed E-state index contributed by atoms with van der Waals surface area (Å²) in [6.07, 6.45) is 1.93. The third-order valence-electron chi connectivity index (χ3n) is 15.0. The van der Waals surface area contributed by atoms with Crippen molar-refractivity contribution in [1.29, 1.82) is 0 Å². The van der Waals surface area contributed by atoms with Crippen molar-refractivity contribution in [2.24, 2.45) is 24.9 Å². The second-order valence-electron chi connectivity index (χ2n) is 25.5. The average molecular weight is 1040 g/mol. The molecule has 0 aliphatic carbocycles. The molecule has 10 rings (SSSR count). The van der Waals surface area contributed by atoms with Crippen LogP contribution in [-0.2, 0) is 35.8 Å². The molecule has 396 valence electrons. The Morgan fingerprint density at radius 2 is 0.829 bits per heavy atom. The molecule has 10 aromatic rings. The highest BCUT2D eigenvalue weighted by atomic mass is 32.1. The van der Waals surface area contributed by atoms with E-state index in [4.69, 9.17) is 41.4 Å². The van der Waals surface area contributed by atoms with Crippen molar-refractivity contribution in [1.82, 2.24) is 39.1 Å². The van der Waals surface area contributed by atoms with Crippen LogP contribution in [0.15, 0.2) is 123 Å². The molecule has 0 radical (unpaired) electrons. The van der Waals surface area contributed by atoms with Crippen LogP contribution in [0.1, 0.15) is 143 Å². The fraction of sp³-hybridized carbons (Fsp3) is 0.387. The molecule has 0 unspecified atom stereocenters. The highest BCUT2D eigenvalue weighted by Gasteiger charge is 2.36. The average Bonchev–Trinajstić information content (AvgIpc) is 4.11. The largest absolute Gasteiger partial charge is 0.505 e. The maximum absolute atomic E-state index is 12.0. The van der Waals surface area contributed by atoms with Gasteiger partial charge < -0.3 is 23.6 Å². The second kappa shape index (κ2) is 18.8. The van der Waals surface area contributed by atoms with Crippen molar-refractivity contribution in [3.63, 3.8) is 0 Å². The van der Waals surface area contributed by atoms with Crippen molar-refractivity contribution in [2.75, 3.05) is 0 Å². The van der Waals surface area contributed by atoms with Gasteiger partial charge in [-0.1, -0.05) is 170 Å². The van der Waals surface area contributed by atoms with Crippen LogP contribution in [0.2, 0.25) is 0 Å². The highest BCUT2D eigenvalue weighted by Crippen LogP contribution is 2.47. The van der Waals surface area contributed by atoms with E-state index in [1.165, 1.54) is 9.36 Å². The van der Waals surface area contributed by atoms with E-state index in [-0.39, 0.29) is 33.2 Å². The standard InChI is InChI=1S/C31H36N4O3.C31H36N4O2S/c1-29(2,3)18-30(4,5)20-14-21(31(6,7)19-12-10-9-11-13-19)27(36)25(15-20)35-32-22-16-24-26(17-23(22)33-35)38-28(37)34(24)8;1-29(2,3)18-30(4,5)20-14-21(31(6,7)19-12-10-9-11-13-19)27(36)25(15-20)35-32-22-16-24-26(17-23(22)33-35)37-28(38)34(24)8/h2*9-17,36H,18H2,1-8H3. The molecule has 0 bridgehead atoms. The van der Waals surface area contributed by atoms with Gasteiger partial charge in [-0.2, -0.15) is 0 Å². The number of phenolic OH excluding ortho intramolecular Hbond substituents is 2. The Bertz CT molecular complexity index is 3690. The topological polar surface area (TPSA) is 155 Å². The van der Waals surface area contributed by atoms with Gasteiger partial charge in [-0.05, 0) is 93.2 Å². The number of aryl methyl sites for hydroxylation is 2. The summed E-state index contributed by atoms with van der Waals surface area (Å²) < 4.78 is 14.3. The summed E-state index contributed by atoms with van der Waals surface area (Å²) in [7, 11) is 3.53. The molecule has 0 amide bonds. The number of aromatic hydroxyl groups is 2. The van der Waals surface area contributed by atoms with Crippen LogP contribution in [-0.4, -0.2) is 49.3 Å². The lowest BCUT2D eigenvalue weighted by molar-refractivity contribution is 0.283. The molecule has 6 aromatic carbocycles. The van der Waals surface area contributed by atoms with E-state index in [9.17, 15) is 15.0 Å².